The third-order valence-electron chi connectivity index (χ3n) is 3.89. The lowest BCUT2D eigenvalue weighted by Gasteiger charge is -2.16. The summed E-state index contributed by atoms with van der Waals surface area (Å²) in [7, 11) is 0. The van der Waals surface area contributed by atoms with E-state index in [1.165, 1.54) is 25.7 Å². The first-order valence-corrected chi connectivity index (χ1v) is 7.59. The van der Waals surface area contributed by atoms with Crippen LogP contribution < -0.4 is 10.6 Å². The zero-order valence-electron chi connectivity index (χ0n) is 12.4. The van der Waals surface area contributed by atoms with Gasteiger partial charge in [0.2, 0.25) is 0 Å². The van der Waals surface area contributed by atoms with Crippen molar-refractivity contribution in [1.29, 1.82) is 0 Å². The molecule has 4 heteroatoms. The molecule has 1 aromatic rings. The molecule has 1 aromatic heterocycles. The fraction of sp³-hybridized carbons (Fsp3) is 0.733. The van der Waals surface area contributed by atoms with E-state index in [-0.39, 0.29) is 0 Å². The zero-order valence-corrected chi connectivity index (χ0v) is 12.4. The fourth-order valence-electron chi connectivity index (χ4n) is 2.69. The summed E-state index contributed by atoms with van der Waals surface area (Å²) in [5.74, 6) is 3.72. The van der Waals surface area contributed by atoms with E-state index in [0.29, 0.717) is 0 Å². The highest BCUT2D eigenvalue weighted by atomic mass is 15.1. The predicted octanol–water partition coefficient (Wildman–Crippen LogP) is 3.38. The quantitative estimate of drug-likeness (QED) is 0.825. The Morgan fingerprint density at radius 1 is 1.05 bits per heavy atom. The van der Waals surface area contributed by atoms with E-state index in [1.807, 2.05) is 0 Å². The molecule has 0 aromatic carbocycles. The van der Waals surface area contributed by atoms with Gasteiger partial charge in [0.25, 0.3) is 0 Å². The molecule has 0 atom stereocenters. The van der Waals surface area contributed by atoms with Gasteiger partial charge in [-0.05, 0) is 32.6 Å². The van der Waals surface area contributed by atoms with Gasteiger partial charge in [-0.1, -0.05) is 19.8 Å². The van der Waals surface area contributed by atoms with E-state index in [4.69, 9.17) is 0 Å². The molecular weight excluding hydrogens is 236 g/mol. The monoisotopic (exact) mass is 262 g/mol. The number of anilines is 2. The van der Waals surface area contributed by atoms with Gasteiger partial charge in [0.05, 0.1) is 0 Å². The average molecular weight is 262 g/mol. The number of hydrogen-bond donors (Lipinski definition) is 2. The van der Waals surface area contributed by atoms with Gasteiger partial charge < -0.3 is 10.6 Å². The summed E-state index contributed by atoms with van der Waals surface area (Å²) in [6.45, 7) is 8.23. The fourth-order valence-corrected chi connectivity index (χ4v) is 2.69. The highest BCUT2D eigenvalue weighted by Gasteiger charge is 2.16. The summed E-state index contributed by atoms with van der Waals surface area (Å²) in [5, 5.41) is 6.87. The summed E-state index contributed by atoms with van der Waals surface area (Å²) < 4.78 is 0. The Balaban J connectivity index is 2.10. The number of rotatable bonds is 6. The second-order valence-corrected chi connectivity index (χ2v) is 5.38. The van der Waals surface area contributed by atoms with Crippen molar-refractivity contribution in [2.24, 2.45) is 5.92 Å². The number of nitrogens with one attached hydrogen (secondary N) is 2. The molecule has 0 unspecified atom stereocenters. The van der Waals surface area contributed by atoms with Crippen LogP contribution in [-0.2, 0) is 6.42 Å². The largest absolute Gasteiger partial charge is 0.370 e. The van der Waals surface area contributed by atoms with Crippen molar-refractivity contribution in [2.45, 2.75) is 52.9 Å². The van der Waals surface area contributed by atoms with Gasteiger partial charge in [-0.3, -0.25) is 0 Å². The van der Waals surface area contributed by atoms with Crippen LogP contribution in [0.3, 0.4) is 0 Å². The summed E-state index contributed by atoms with van der Waals surface area (Å²) in [4.78, 5) is 9.19. The number of aryl methyl sites for hydroxylation is 1. The van der Waals surface area contributed by atoms with Crippen molar-refractivity contribution in [3.8, 4) is 0 Å². The van der Waals surface area contributed by atoms with E-state index in [1.54, 1.807) is 0 Å². The minimum atomic E-state index is 0.821. The van der Waals surface area contributed by atoms with Crippen LogP contribution in [0.5, 0.6) is 0 Å². The standard InChI is InChI=1S/C15H26N4/c1-4-13-18-14(16-5-2)11(3)15(19-13)17-10-12-8-6-7-9-12/h12H,4-10H2,1-3H3,(H2,16,17,18,19). The van der Waals surface area contributed by atoms with Gasteiger partial charge >= 0.3 is 0 Å². The number of hydrogen-bond acceptors (Lipinski definition) is 4. The second kappa shape index (κ2) is 6.73. The summed E-state index contributed by atoms with van der Waals surface area (Å²) in [6.07, 6.45) is 6.36. The lowest BCUT2D eigenvalue weighted by molar-refractivity contribution is 0.578. The van der Waals surface area contributed by atoms with Crippen LogP contribution in [0.25, 0.3) is 0 Å². The Morgan fingerprint density at radius 3 is 2.26 bits per heavy atom. The third kappa shape index (κ3) is 3.58. The molecule has 1 aliphatic rings. The van der Waals surface area contributed by atoms with Crippen LogP contribution in [0.2, 0.25) is 0 Å². The first-order chi connectivity index (χ1) is 9.24. The molecule has 106 valence electrons. The van der Waals surface area contributed by atoms with E-state index >= 15 is 0 Å². The average Bonchev–Trinajstić information content (AvgIpc) is 2.93. The van der Waals surface area contributed by atoms with Crippen LogP contribution in [0.4, 0.5) is 11.6 Å². The minimum Gasteiger partial charge on any atom is -0.370 e. The first kappa shape index (κ1) is 14.1. The normalized spacial score (nSPS) is 15.7. The predicted molar refractivity (Wildman–Crippen MR) is 80.8 cm³/mol. The molecule has 0 radical (unpaired) electrons. The van der Waals surface area contributed by atoms with Crippen molar-refractivity contribution in [2.75, 3.05) is 23.7 Å². The van der Waals surface area contributed by atoms with Crippen LogP contribution in [0, 0.1) is 12.8 Å². The molecule has 19 heavy (non-hydrogen) atoms. The van der Waals surface area contributed by atoms with Crippen molar-refractivity contribution in [3.63, 3.8) is 0 Å². The lowest BCUT2D eigenvalue weighted by atomic mass is 10.1. The molecule has 1 aliphatic carbocycles. The van der Waals surface area contributed by atoms with Crippen LogP contribution in [-0.4, -0.2) is 23.1 Å². The molecule has 0 bridgehead atoms. The molecule has 2 rings (SSSR count). The highest BCUT2D eigenvalue weighted by molar-refractivity contribution is 5.57. The molecule has 0 spiro atoms. The Hall–Kier alpha value is -1.32. The molecule has 1 heterocycles. The third-order valence-corrected chi connectivity index (χ3v) is 3.89. The lowest BCUT2D eigenvalue weighted by Crippen LogP contribution is -2.15. The van der Waals surface area contributed by atoms with Gasteiger partial charge in [0.15, 0.2) is 0 Å². The van der Waals surface area contributed by atoms with E-state index in [0.717, 1.165) is 48.5 Å². The van der Waals surface area contributed by atoms with Crippen molar-refractivity contribution in [3.05, 3.63) is 11.4 Å². The number of nitrogens with zero attached hydrogens (tertiary/aromatic N) is 2. The first-order valence-electron chi connectivity index (χ1n) is 7.59. The van der Waals surface area contributed by atoms with Crippen LogP contribution in [0.15, 0.2) is 0 Å². The zero-order chi connectivity index (χ0) is 13.7. The molecule has 2 N–H and O–H groups in total. The summed E-state index contributed by atoms with van der Waals surface area (Å²) >= 11 is 0. The van der Waals surface area contributed by atoms with Crippen LogP contribution in [0.1, 0.15) is 50.9 Å². The molecule has 1 saturated carbocycles. The highest BCUT2D eigenvalue weighted by Crippen LogP contribution is 2.26. The Morgan fingerprint density at radius 2 is 1.68 bits per heavy atom. The van der Waals surface area contributed by atoms with Crippen molar-refractivity contribution in [1.82, 2.24) is 9.97 Å². The Bertz CT molecular complexity index is 411. The van der Waals surface area contributed by atoms with Crippen LogP contribution >= 0.6 is 0 Å². The van der Waals surface area contributed by atoms with Gasteiger partial charge in [0.1, 0.15) is 17.5 Å². The van der Waals surface area contributed by atoms with Crippen molar-refractivity contribution >= 4 is 11.6 Å². The molecule has 1 fully saturated rings. The van der Waals surface area contributed by atoms with E-state index in [9.17, 15) is 0 Å². The summed E-state index contributed by atoms with van der Waals surface area (Å²) in [5.41, 5.74) is 1.14. The smallest absolute Gasteiger partial charge is 0.134 e. The second-order valence-electron chi connectivity index (χ2n) is 5.38. The maximum Gasteiger partial charge on any atom is 0.134 e. The molecular formula is C15H26N4. The summed E-state index contributed by atoms with van der Waals surface area (Å²) in [6, 6.07) is 0. The molecule has 4 nitrogen and oxygen atoms in total. The van der Waals surface area contributed by atoms with Crippen molar-refractivity contribution < 1.29 is 0 Å². The van der Waals surface area contributed by atoms with Gasteiger partial charge in [-0.2, -0.15) is 0 Å². The maximum atomic E-state index is 4.63. The maximum absolute atomic E-state index is 4.63. The van der Waals surface area contributed by atoms with Gasteiger partial charge in [0, 0.05) is 25.1 Å². The molecule has 0 saturated heterocycles. The van der Waals surface area contributed by atoms with Gasteiger partial charge in [-0.25, -0.2) is 9.97 Å². The van der Waals surface area contributed by atoms with E-state index in [2.05, 4.69) is 41.4 Å². The van der Waals surface area contributed by atoms with E-state index < -0.39 is 0 Å². The number of aromatic nitrogens is 2. The van der Waals surface area contributed by atoms with Gasteiger partial charge in [-0.15, -0.1) is 0 Å². The molecule has 0 aliphatic heterocycles. The topological polar surface area (TPSA) is 49.8 Å². The Kier molecular flexibility index (Phi) is 5.00. The Labute approximate surface area is 116 Å². The minimum absolute atomic E-state index is 0.821. The SMILES string of the molecule is CCNc1nc(CC)nc(NCC2CCCC2)c1C. The molecule has 0 amide bonds.